The van der Waals surface area contributed by atoms with Gasteiger partial charge < -0.3 is 9.47 Å². The smallest absolute Gasteiger partial charge is 0.198 e. The molecule has 0 aliphatic rings. The molecule has 0 saturated carbocycles. The molecule has 0 aliphatic heterocycles. The Labute approximate surface area is 59.4 Å². The zero-order chi connectivity index (χ0) is 7.49. The average Bonchev–Trinajstić information content (AvgIpc) is 1.86. The first-order chi connectivity index (χ1) is 4.06. The lowest BCUT2D eigenvalue weighted by Crippen LogP contribution is -2.48. The van der Waals surface area contributed by atoms with Crippen molar-refractivity contribution in [1.82, 2.24) is 4.90 Å². The SMILES string of the molecule is COC([Si])(OC)N(C)C. The average molecular weight is 146 g/mol. The van der Waals surface area contributed by atoms with Crippen LogP contribution in [-0.2, 0) is 9.47 Å². The first-order valence-electron chi connectivity index (χ1n) is 2.59. The van der Waals surface area contributed by atoms with E-state index in [0.29, 0.717) is 0 Å². The molecule has 0 aromatic heterocycles. The summed E-state index contributed by atoms with van der Waals surface area (Å²) < 4.78 is 9.93. The summed E-state index contributed by atoms with van der Waals surface area (Å²) in [4.78, 5) is 1.77. The Morgan fingerprint density at radius 1 is 1.22 bits per heavy atom. The fourth-order valence-electron chi connectivity index (χ4n) is 0.448. The highest BCUT2D eigenvalue weighted by atomic mass is 28.1. The van der Waals surface area contributed by atoms with Gasteiger partial charge in [-0.15, -0.1) is 0 Å². The highest BCUT2D eigenvalue weighted by molar-refractivity contribution is 6.13. The van der Waals surface area contributed by atoms with Crippen LogP contribution in [0.1, 0.15) is 0 Å². The third kappa shape index (κ3) is 2.06. The Balaban J connectivity index is 3.92. The van der Waals surface area contributed by atoms with Gasteiger partial charge in [-0.3, -0.25) is 4.90 Å². The predicted octanol–water partition coefficient (Wildman–Crippen LogP) is -0.379. The predicted molar refractivity (Wildman–Crippen MR) is 36.2 cm³/mol. The number of methoxy groups -OCH3 is 2. The van der Waals surface area contributed by atoms with Gasteiger partial charge in [-0.25, -0.2) is 0 Å². The van der Waals surface area contributed by atoms with Crippen LogP contribution in [0.25, 0.3) is 0 Å². The minimum atomic E-state index is -0.778. The molecule has 0 bridgehead atoms. The molecule has 0 spiro atoms. The lowest BCUT2D eigenvalue weighted by atomic mass is 10.8. The summed E-state index contributed by atoms with van der Waals surface area (Å²) in [5, 5.41) is 0. The number of hydrogen-bond acceptors (Lipinski definition) is 3. The van der Waals surface area contributed by atoms with Crippen molar-refractivity contribution in [3.05, 3.63) is 0 Å². The van der Waals surface area contributed by atoms with E-state index in [9.17, 15) is 0 Å². The standard InChI is InChI=1S/C5H12NO2Si/c1-6(2)5(9,7-3)8-4/h1-4H3. The molecule has 0 N–H and O–H groups in total. The normalized spacial score (nSPS) is 12.7. The molecule has 0 aliphatic carbocycles. The van der Waals surface area contributed by atoms with Gasteiger partial charge in [0.05, 0.1) is 0 Å². The summed E-state index contributed by atoms with van der Waals surface area (Å²) >= 11 is 0. The first-order valence-corrected chi connectivity index (χ1v) is 3.09. The van der Waals surface area contributed by atoms with E-state index in [0.717, 1.165) is 0 Å². The minimum Gasteiger partial charge on any atom is -0.345 e. The van der Waals surface area contributed by atoms with E-state index in [1.165, 1.54) is 0 Å². The number of ether oxygens (including phenoxy) is 2. The summed E-state index contributed by atoms with van der Waals surface area (Å²) in [6.45, 7) is 0. The van der Waals surface area contributed by atoms with Gasteiger partial charge in [-0.05, 0) is 14.1 Å². The summed E-state index contributed by atoms with van der Waals surface area (Å²) in [6.07, 6.45) is 0. The Morgan fingerprint density at radius 3 is 1.56 bits per heavy atom. The van der Waals surface area contributed by atoms with Crippen LogP contribution in [0, 0.1) is 0 Å². The second kappa shape index (κ2) is 3.31. The van der Waals surface area contributed by atoms with Crippen molar-refractivity contribution in [3.8, 4) is 0 Å². The summed E-state index contributed by atoms with van der Waals surface area (Å²) in [6, 6.07) is 0. The Hall–Kier alpha value is 0.0969. The monoisotopic (exact) mass is 146 g/mol. The molecule has 4 heteroatoms. The fourth-order valence-corrected chi connectivity index (χ4v) is 0.448. The lowest BCUT2D eigenvalue weighted by Gasteiger charge is -2.32. The molecule has 0 fully saturated rings. The van der Waals surface area contributed by atoms with Crippen LogP contribution in [0.4, 0.5) is 0 Å². The lowest BCUT2D eigenvalue weighted by molar-refractivity contribution is -0.219. The molecule has 0 amide bonds. The van der Waals surface area contributed by atoms with Crippen LogP contribution < -0.4 is 0 Å². The van der Waals surface area contributed by atoms with Crippen molar-refractivity contribution in [3.63, 3.8) is 0 Å². The van der Waals surface area contributed by atoms with Gasteiger partial charge in [-0.1, -0.05) is 0 Å². The van der Waals surface area contributed by atoms with Crippen molar-refractivity contribution in [2.75, 3.05) is 28.3 Å². The topological polar surface area (TPSA) is 21.7 Å². The Kier molecular flexibility index (Phi) is 3.35. The summed E-state index contributed by atoms with van der Waals surface area (Å²) in [7, 11) is 10.1. The van der Waals surface area contributed by atoms with E-state index in [-0.39, 0.29) is 0 Å². The maximum Gasteiger partial charge on any atom is 0.198 e. The van der Waals surface area contributed by atoms with Crippen LogP contribution >= 0.6 is 0 Å². The molecule has 0 atom stereocenters. The highest BCUT2D eigenvalue weighted by Gasteiger charge is 2.24. The number of rotatable bonds is 3. The second-order valence-electron chi connectivity index (χ2n) is 1.88. The third-order valence-corrected chi connectivity index (χ3v) is 2.00. The van der Waals surface area contributed by atoms with Crippen LogP contribution in [0.2, 0.25) is 0 Å². The van der Waals surface area contributed by atoms with Gasteiger partial charge in [0.1, 0.15) is 10.2 Å². The van der Waals surface area contributed by atoms with Crippen LogP contribution in [0.5, 0.6) is 0 Å². The molecule has 53 valence electrons. The molecule has 3 nitrogen and oxygen atoms in total. The van der Waals surface area contributed by atoms with Crippen molar-refractivity contribution in [2.45, 2.75) is 5.53 Å². The number of nitrogens with zero attached hydrogens (tertiary/aromatic N) is 1. The highest BCUT2D eigenvalue weighted by Crippen LogP contribution is 2.06. The zero-order valence-electron chi connectivity index (χ0n) is 6.26. The van der Waals surface area contributed by atoms with Crippen molar-refractivity contribution < 1.29 is 9.47 Å². The molecule has 0 rings (SSSR count). The van der Waals surface area contributed by atoms with E-state index in [1.807, 2.05) is 14.1 Å². The van der Waals surface area contributed by atoms with Gasteiger partial charge in [0.2, 0.25) is 0 Å². The van der Waals surface area contributed by atoms with E-state index in [1.54, 1.807) is 19.1 Å². The fraction of sp³-hybridized carbons (Fsp3) is 1.00. The van der Waals surface area contributed by atoms with Gasteiger partial charge in [-0.2, -0.15) is 0 Å². The van der Waals surface area contributed by atoms with Crippen LogP contribution in [0.3, 0.4) is 0 Å². The summed E-state index contributed by atoms with van der Waals surface area (Å²) in [5.41, 5.74) is -0.778. The van der Waals surface area contributed by atoms with Crippen LogP contribution in [0.15, 0.2) is 0 Å². The molecule has 3 radical (unpaired) electrons. The summed E-state index contributed by atoms with van der Waals surface area (Å²) in [5.74, 6) is 0. The maximum atomic E-state index is 4.97. The van der Waals surface area contributed by atoms with E-state index < -0.39 is 5.53 Å². The van der Waals surface area contributed by atoms with Crippen molar-refractivity contribution >= 4 is 10.2 Å². The molecule has 0 unspecified atom stereocenters. The minimum absolute atomic E-state index is 0.778. The molecular weight excluding hydrogens is 134 g/mol. The van der Waals surface area contributed by atoms with E-state index in [4.69, 9.17) is 9.47 Å². The van der Waals surface area contributed by atoms with Gasteiger partial charge >= 0.3 is 0 Å². The van der Waals surface area contributed by atoms with Crippen LogP contribution in [-0.4, -0.2) is 49.0 Å². The zero-order valence-corrected chi connectivity index (χ0v) is 7.26. The van der Waals surface area contributed by atoms with Gasteiger partial charge in [0.15, 0.2) is 5.53 Å². The molecule has 9 heavy (non-hydrogen) atoms. The largest absolute Gasteiger partial charge is 0.345 e. The third-order valence-electron chi connectivity index (χ3n) is 1.14. The number of hydrogen-bond donors (Lipinski definition) is 0. The molecule has 0 heterocycles. The maximum absolute atomic E-state index is 4.97. The van der Waals surface area contributed by atoms with Crippen molar-refractivity contribution in [1.29, 1.82) is 0 Å². The first kappa shape index (κ1) is 9.10. The van der Waals surface area contributed by atoms with Gasteiger partial charge in [0.25, 0.3) is 0 Å². The van der Waals surface area contributed by atoms with Gasteiger partial charge in [0, 0.05) is 14.2 Å². The second-order valence-corrected chi connectivity index (χ2v) is 2.52. The molecule has 0 aromatic carbocycles. The molecule has 0 saturated heterocycles. The molecule has 0 aromatic rings. The Morgan fingerprint density at radius 2 is 1.56 bits per heavy atom. The Bertz CT molecular complexity index is 83.0. The van der Waals surface area contributed by atoms with Crippen molar-refractivity contribution in [2.24, 2.45) is 0 Å². The van der Waals surface area contributed by atoms with E-state index >= 15 is 0 Å². The molecular formula is C5H12NO2Si. The van der Waals surface area contributed by atoms with E-state index in [2.05, 4.69) is 10.2 Å². The quantitative estimate of drug-likeness (QED) is 0.400.